The molecule has 0 aromatic heterocycles. The number of nitrogens with two attached hydrogens (primary N) is 1. The molecule has 6 heteroatoms. The molecule has 2 rings (SSSR count). The Morgan fingerprint density at radius 3 is 3.05 bits per heavy atom. The van der Waals surface area contributed by atoms with Gasteiger partial charge in [-0.05, 0) is 31.5 Å². The number of piperidine rings is 1. The number of carbonyl (C=O) groups is 1. The van der Waals surface area contributed by atoms with Crippen molar-refractivity contribution in [1.82, 2.24) is 4.90 Å². The van der Waals surface area contributed by atoms with Crippen molar-refractivity contribution in [2.24, 2.45) is 5.73 Å². The van der Waals surface area contributed by atoms with Gasteiger partial charge in [0.25, 0.3) is 0 Å². The maximum atomic E-state index is 13.0. The largest absolute Gasteiger partial charge is 0.490 e. The Morgan fingerprint density at radius 2 is 2.35 bits per heavy atom. The third-order valence-corrected chi connectivity index (χ3v) is 3.32. The van der Waals surface area contributed by atoms with Crippen LogP contribution < -0.4 is 10.5 Å². The average molecular weight is 282 g/mol. The zero-order chi connectivity index (χ0) is 14.6. The number of halogens is 1. The van der Waals surface area contributed by atoms with Crippen LogP contribution in [0.15, 0.2) is 24.3 Å². The second-order valence-electron chi connectivity index (χ2n) is 5.25. The Labute approximate surface area is 117 Å². The second kappa shape index (κ2) is 6.19. The molecule has 3 N–H and O–H groups in total. The first-order chi connectivity index (χ1) is 9.47. The summed E-state index contributed by atoms with van der Waals surface area (Å²) in [5.74, 6) is -0.417. The van der Waals surface area contributed by atoms with Crippen LogP contribution in [0.1, 0.15) is 12.8 Å². The molecule has 1 aromatic carbocycles. The minimum atomic E-state index is -1.04. The third-order valence-electron chi connectivity index (χ3n) is 3.32. The molecule has 0 unspecified atom stereocenters. The number of benzene rings is 1. The average Bonchev–Trinajstić information content (AvgIpc) is 2.36. The molecule has 1 saturated heterocycles. The lowest BCUT2D eigenvalue weighted by atomic mass is 9.93. The summed E-state index contributed by atoms with van der Waals surface area (Å²) in [7, 11) is 0. The van der Waals surface area contributed by atoms with Gasteiger partial charge in [-0.1, -0.05) is 6.07 Å². The first-order valence-electron chi connectivity index (χ1n) is 6.58. The highest BCUT2D eigenvalue weighted by atomic mass is 19.1. The predicted octanol–water partition coefficient (Wildman–Crippen LogP) is 0.517. The van der Waals surface area contributed by atoms with E-state index in [0.717, 1.165) is 13.0 Å². The van der Waals surface area contributed by atoms with Crippen LogP contribution in [0.5, 0.6) is 5.75 Å². The molecule has 0 radical (unpaired) electrons. The Kier molecular flexibility index (Phi) is 4.57. The number of aliphatic hydroxyl groups is 1. The maximum absolute atomic E-state index is 13.0. The lowest BCUT2D eigenvalue weighted by Crippen LogP contribution is -2.53. The maximum Gasteiger partial charge on any atom is 0.231 e. The molecule has 5 nitrogen and oxygen atoms in total. The number of likely N-dealkylation sites (tertiary alicyclic amines) is 1. The smallest absolute Gasteiger partial charge is 0.231 e. The number of primary amides is 1. The summed E-state index contributed by atoms with van der Waals surface area (Å²) in [6.07, 6.45) is 1.34. The van der Waals surface area contributed by atoms with E-state index in [1.165, 1.54) is 12.1 Å². The van der Waals surface area contributed by atoms with Gasteiger partial charge in [-0.15, -0.1) is 0 Å². The zero-order valence-corrected chi connectivity index (χ0v) is 11.2. The van der Waals surface area contributed by atoms with E-state index in [4.69, 9.17) is 10.5 Å². The Hall–Kier alpha value is -1.66. The van der Waals surface area contributed by atoms with Gasteiger partial charge in [0.1, 0.15) is 23.8 Å². The van der Waals surface area contributed by atoms with Crippen molar-refractivity contribution in [1.29, 1.82) is 0 Å². The van der Waals surface area contributed by atoms with Crippen molar-refractivity contribution < 1.29 is 19.0 Å². The third kappa shape index (κ3) is 4.18. The van der Waals surface area contributed by atoms with Crippen LogP contribution in [0.3, 0.4) is 0 Å². The van der Waals surface area contributed by atoms with Crippen molar-refractivity contribution in [2.45, 2.75) is 18.4 Å². The molecule has 1 heterocycles. The second-order valence-corrected chi connectivity index (χ2v) is 5.25. The van der Waals surface area contributed by atoms with Crippen LogP contribution in [-0.4, -0.2) is 47.8 Å². The van der Waals surface area contributed by atoms with Gasteiger partial charge < -0.3 is 15.6 Å². The minimum absolute atomic E-state index is 0.0612. The number of amides is 1. The van der Waals surface area contributed by atoms with Crippen LogP contribution in [0, 0.1) is 5.82 Å². The summed E-state index contributed by atoms with van der Waals surface area (Å²) in [5.41, 5.74) is 4.12. The van der Waals surface area contributed by atoms with Gasteiger partial charge in [0.2, 0.25) is 5.91 Å². The van der Waals surface area contributed by atoms with E-state index >= 15 is 0 Å². The molecule has 1 aromatic rings. The lowest BCUT2D eigenvalue weighted by Gasteiger charge is -2.38. The van der Waals surface area contributed by atoms with Crippen LogP contribution in [0.4, 0.5) is 4.39 Å². The Balaban J connectivity index is 1.91. The zero-order valence-electron chi connectivity index (χ0n) is 11.2. The van der Waals surface area contributed by atoms with E-state index in [0.29, 0.717) is 18.7 Å². The monoisotopic (exact) mass is 282 g/mol. The van der Waals surface area contributed by atoms with Crippen LogP contribution in [-0.2, 0) is 4.79 Å². The highest BCUT2D eigenvalue weighted by molar-refractivity contribution is 5.75. The number of β-amino-alcohol motifs (C(OH)–C–C–N with tert-alkyl or cyclic N) is 1. The van der Waals surface area contributed by atoms with Crippen molar-refractivity contribution >= 4 is 5.91 Å². The van der Waals surface area contributed by atoms with Crippen molar-refractivity contribution in [3.8, 4) is 5.75 Å². The van der Waals surface area contributed by atoms with Gasteiger partial charge >= 0.3 is 0 Å². The Morgan fingerprint density at radius 1 is 1.55 bits per heavy atom. The van der Waals surface area contributed by atoms with E-state index in [9.17, 15) is 14.3 Å². The fourth-order valence-corrected chi connectivity index (χ4v) is 2.45. The van der Waals surface area contributed by atoms with Gasteiger partial charge in [-0.25, -0.2) is 4.39 Å². The summed E-state index contributed by atoms with van der Waals surface area (Å²) in [6.45, 7) is 1.24. The van der Waals surface area contributed by atoms with Gasteiger partial charge in [-0.2, -0.15) is 0 Å². The van der Waals surface area contributed by atoms with Gasteiger partial charge in [0.05, 0.1) is 6.54 Å². The summed E-state index contributed by atoms with van der Waals surface area (Å²) >= 11 is 0. The number of rotatable bonds is 5. The number of carbonyl (C=O) groups excluding carboxylic acids is 1. The summed E-state index contributed by atoms with van der Waals surface area (Å²) < 4.78 is 18.5. The molecule has 1 aliphatic heterocycles. The van der Waals surface area contributed by atoms with Gasteiger partial charge in [0.15, 0.2) is 0 Å². The molecule has 1 atom stereocenters. The Bertz CT molecular complexity index is 483. The van der Waals surface area contributed by atoms with E-state index in [1.54, 1.807) is 17.0 Å². The van der Waals surface area contributed by atoms with E-state index in [1.807, 2.05) is 0 Å². The topological polar surface area (TPSA) is 75.8 Å². The van der Waals surface area contributed by atoms with Crippen LogP contribution in [0.2, 0.25) is 0 Å². The first kappa shape index (κ1) is 14.7. The fourth-order valence-electron chi connectivity index (χ4n) is 2.45. The number of nitrogens with zero attached hydrogens (tertiary/aromatic N) is 1. The summed E-state index contributed by atoms with van der Waals surface area (Å²) in [4.78, 5) is 12.7. The number of hydrogen-bond acceptors (Lipinski definition) is 4. The van der Waals surface area contributed by atoms with Crippen molar-refractivity contribution in [3.05, 3.63) is 30.1 Å². The molecule has 110 valence electrons. The van der Waals surface area contributed by atoms with Crippen LogP contribution >= 0.6 is 0 Å². The molecule has 0 spiro atoms. The van der Waals surface area contributed by atoms with Gasteiger partial charge in [-0.3, -0.25) is 9.69 Å². The number of hydrogen-bond donors (Lipinski definition) is 2. The fraction of sp³-hybridized carbons (Fsp3) is 0.500. The highest BCUT2D eigenvalue weighted by Crippen LogP contribution is 2.23. The van der Waals surface area contributed by atoms with E-state index in [2.05, 4.69) is 0 Å². The van der Waals surface area contributed by atoms with Crippen LogP contribution in [0.25, 0.3) is 0 Å². The normalized spacial score (nSPS) is 23.5. The minimum Gasteiger partial charge on any atom is -0.490 e. The van der Waals surface area contributed by atoms with Gasteiger partial charge in [0, 0.05) is 12.6 Å². The number of ether oxygens (including phenoxy) is 1. The molecule has 1 amide bonds. The molecule has 0 aliphatic carbocycles. The molecular formula is C14H19FN2O3. The van der Waals surface area contributed by atoms with Crippen molar-refractivity contribution in [2.75, 3.05) is 26.2 Å². The summed E-state index contributed by atoms with van der Waals surface area (Å²) in [5, 5.41) is 10.5. The standard InChI is InChI=1S/C14H19FN2O3/c15-11-3-1-4-12(7-11)20-10-14(19)5-2-6-17(9-14)8-13(16)18/h1,3-4,7,19H,2,5-6,8-10H2,(H2,16,18)/t14-/m1/s1. The summed E-state index contributed by atoms with van der Waals surface area (Å²) in [6, 6.07) is 5.79. The molecule has 0 bridgehead atoms. The van der Waals surface area contributed by atoms with E-state index < -0.39 is 11.5 Å². The SMILES string of the molecule is NC(=O)CN1CCC[C@](O)(COc2cccc(F)c2)C1. The molecule has 20 heavy (non-hydrogen) atoms. The van der Waals surface area contributed by atoms with E-state index in [-0.39, 0.29) is 19.0 Å². The lowest BCUT2D eigenvalue weighted by molar-refractivity contribution is -0.121. The quantitative estimate of drug-likeness (QED) is 0.825. The predicted molar refractivity (Wildman–Crippen MR) is 71.7 cm³/mol. The molecule has 1 fully saturated rings. The first-order valence-corrected chi connectivity index (χ1v) is 6.58. The molecular weight excluding hydrogens is 263 g/mol. The van der Waals surface area contributed by atoms with Crippen molar-refractivity contribution in [3.63, 3.8) is 0 Å². The highest BCUT2D eigenvalue weighted by Gasteiger charge is 2.34. The molecule has 0 saturated carbocycles. The molecule has 1 aliphatic rings.